The minimum atomic E-state index is 0.744. The molecule has 2 aromatic rings. The number of benzene rings is 1. The molecule has 0 amide bonds. The summed E-state index contributed by atoms with van der Waals surface area (Å²) in [5.41, 5.74) is 2.30. The van der Waals surface area contributed by atoms with Crippen LogP contribution in [0.3, 0.4) is 0 Å². The lowest BCUT2D eigenvalue weighted by molar-refractivity contribution is 0.493. The standard InChI is InChI=1S/C12H13NO/c1-9-12(13-10(2)14-9)8-11-6-4-3-5-7-11/h3-7H,8H2,1-2H3. The van der Waals surface area contributed by atoms with E-state index in [0.29, 0.717) is 0 Å². The van der Waals surface area contributed by atoms with Gasteiger partial charge < -0.3 is 4.42 Å². The molecule has 0 aliphatic heterocycles. The van der Waals surface area contributed by atoms with Gasteiger partial charge in [0.25, 0.3) is 0 Å². The number of oxazole rings is 1. The van der Waals surface area contributed by atoms with Crippen molar-refractivity contribution in [2.45, 2.75) is 20.3 Å². The summed E-state index contributed by atoms with van der Waals surface area (Å²) in [6, 6.07) is 10.3. The molecule has 0 N–H and O–H groups in total. The summed E-state index contributed by atoms with van der Waals surface area (Å²) in [5.74, 6) is 1.67. The highest BCUT2D eigenvalue weighted by Crippen LogP contribution is 2.13. The van der Waals surface area contributed by atoms with E-state index < -0.39 is 0 Å². The summed E-state index contributed by atoms with van der Waals surface area (Å²) < 4.78 is 5.38. The van der Waals surface area contributed by atoms with Gasteiger partial charge in [-0.1, -0.05) is 30.3 Å². The van der Waals surface area contributed by atoms with Crippen molar-refractivity contribution in [2.75, 3.05) is 0 Å². The van der Waals surface area contributed by atoms with Crippen LogP contribution in [0, 0.1) is 13.8 Å². The molecule has 0 saturated carbocycles. The normalized spacial score (nSPS) is 10.4. The van der Waals surface area contributed by atoms with Gasteiger partial charge in [0.1, 0.15) is 5.76 Å². The average Bonchev–Trinajstić information content (AvgIpc) is 2.47. The smallest absolute Gasteiger partial charge is 0.191 e. The van der Waals surface area contributed by atoms with Gasteiger partial charge in [0.15, 0.2) is 5.89 Å². The van der Waals surface area contributed by atoms with E-state index in [2.05, 4.69) is 17.1 Å². The van der Waals surface area contributed by atoms with Gasteiger partial charge in [-0.25, -0.2) is 4.98 Å². The highest BCUT2D eigenvalue weighted by atomic mass is 16.4. The largest absolute Gasteiger partial charge is 0.446 e. The van der Waals surface area contributed by atoms with Crippen molar-refractivity contribution in [3.63, 3.8) is 0 Å². The Morgan fingerprint density at radius 2 is 1.86 bits per heavy atom. The molecular weight excluding hydrogens is 174 g/mol. The number of rotatable bonds is 2. The zero-order valence-electron chi connectivity index (χ0n) is 8.45. The Bertz CT molecular complexity index is 417. The summed E-state index contributed by atoms with van der Waals surface area (Å²) in [5, 5.41) is 0. The van der Waals surface area contributed by atoms with E-state index in [9.17, 15) is 0 Å². The molecule has 1 aromatic carbocycles. The quantitative estimate of drug-likeness (QED) is 0.722. The molecule has 0 atom stereocenters. The van der Waals surface area contributed by atoms with Gasteiger partial charge in [-0.05, 0) is 12.5 Å². The molecule has 14 heavy (non-hydrogen) atoms. The van der Waals surface area contributed by atoms with Gasteiger partial charge in [-0.3, -0.25) is 0 Å². The Labute approximate surface area is 83.6 Å². The summed E-state index contributed by atoms with van der Waals surface area (Å²) in [6.45, 7) is 3.83. The molecule has 0 unspecified atom stereocenters. The van der Waals surface area contributed by atoms with Crippen molar-refractivity contribution >= 4 is 0 Å². The molecule has 2 rings (SSSR count). The number of aromatic nitrogens is 1. The molecule has 0 bridgehead atoms. The van der Waals surface area contributed by atoms with Crippen molar-refractivity contribution in [3.8, 4) is 0 Å². The second kappa shape index (κ2) is 3.66. The lowest BCUT2D eigenvalue weighted by Gasteiger charge is -1.97. The Morgan fingerprint density at radius 1 is 1.14 bits per heavy atom. The molecular formula is C12H13NO. The van der Waals surface area contributed by atoms with E-state index in [0.717, 1.165) is 23.8 Å². The van der Waals surface area contributed by atoms with Crippen LogP contribution in [0.4, 0.5) is 0 Å². The predicted molar refractivity (Wildman–Crippen MR) is 55.2 cm³/mol. The zero-order chi connectivity index (χ0) is 9.97. The van der Waals surface area contributed by atoms with Crippen LogP contribution in [0.25, 0.3) is 0 Å². The van der Waals surface area contributed by atoms with Crippen LogP contribution in [0.5, 0.6) is 0 Å². The fourth-order valence-electron chi connectivity index (χ4n) is 1.53. The molecule has 0 fully saturated rings. The number of aryl methyl sites for hydroxylation is 2. The first-order valence-electron chi connectivity index (χ1n) is 4.72. The minimum absolute atomic E-state index is 0.744. The first-order valence-corrected chi connectivity index (χ1v) is 4.72. The van der Waals surface area contributed by atoms with Gasteiger partial charge >= 0.3 is 0 Å². The van der Waals surface area contributed by atoms with Crippen molar-refractivity contribution in [1.82, 2.24) is 4.98 Å². The fraction of sp³-hybridized carbons (Fsp3) is 0.250. The van der Waals surface area contributed by atoms with Gasteiger partial charge in [-0.15, -0.1) is 0 Å². The Morgan fingerprint density at radius 3 is 2.43 bits per heavy atom. The third kappa shape index (κ3) is 1.84. The Kier molecular flexibility index (Phi) is 2.35. The molecule has 72 valence electrons. The molecule has 0 aliphatic rings. The first-order chi connectivity index (χ1) is 6.75. The molecule has 2 nitrogen and oxygen atoms in total. The Balaban J connectivity index is 2.23. The maximum atomic E-state index is 5.38. The van der Waals surface area contributed by atoms with E-state index in [1.54, 1.807) is 0 Å². The maximum absolute atomic E-state index is 5.38. The molecule has 0 aliphatic carbocycles. The molecule has 0 radical (unpaired) electrons. The highest BCUT2D eigenvalue weighted by molar-refractivity contribution is 5.22. The predicted octanol–water partition coefficient (Wildman–Crippen LogP) is 2.88. The minimum Gasteiger partial charge on any atom is -0.446 e. The van der Waals surface area contributed by atoms with E-state index in [-0.39, 0.29) is 0 Å². The topological polar surface area (TPSA) is 26.0 Å². The second-order valence-corrected chi connectivity index (χ2v) is 3.40. The lowest BCUT2D eigenvalue weighted by atomic mass is 10.1. The van der Waals surface area contributed by atoms with Crippen LogP contribution in [0.15, 0.2) is 34.7 Å². The molecule has 2 heteroatoms. The fourth-order valence-corrected chi connectivity index (χ4v) is 1.53. The van der Waals surface area contributed by atoms with Crippen molar-refractivity contribution < 1.29 is 4.42 Å². The highest BCUT2D eigenvalue weighted by Gasteiger charge is 2.06. The SMILES string of the molecule is Cc1nc(Cc2ccccc2)c(C)o1. The third-order valence-electron chi connectivity index (χ3n) is 2.21. The van der Waals surface area contributed by atoms with Crippen LogP contribution < -0.4 is 0 Å². The van der Waals surface area contributed by atoms with Gasteiger partial charge in [0, 0.05) is 13.3 Å². The van der Waals surface area contributed by atoms with Gasteiger partial charge in [0.05, 0.1) is 5.69 Å². The third-order valence-corrected chi connectivity index (χ3v) is 2.21. The summed E-state index contributed by atoms with van der Waals surface area (Å²) >= 11 is 0. The maximum Gasteiger partial charge on any atom is 0.191 e. The van der Waals surface area contributed by atoms with Crippen LogP contribution in [0.2, 0.25) is 0 Å². The molecule has 1 heterocycles. The second-order valence-electron chi connectivity index (χ2n) is 3.40. The summed E-state index contributed by atoms with van der Waals surface area (Å²) in [7, 11) is 0. The number of hydrogen-bond donors (Lipinski definition) is 0. The first kappa shape index (κ1) is 9.00. The van der Waals surface area contributed by atoms with Crippen LogP contribution in [0.1, 0.15) is 22.9 Å². The monoisotopic (exact) mass is 187 g/mol. The molecule has 1 aromatic heterocycles. The van der Waals surface area contributed by atoms with Crippen LogP contribution in [-0.4, -0.2) is 4.98 Å². The van der Waals surface area contributed by atoms with Gasteiger partial charge in [-0.2, -0.15) is 0 Å². The van der Waals surface area contributed by atoms with E-state index in [1.165, 1.54) is 5.56 Å². The van der Waals surface area contributed by atoms with Crippen molar-refractivity contribution in [3.05, 3.63) is 53.2 Å². The molecule has 0 saturated heterocycles. The summed E-state index contributed by atoms with van der Waals surface area (Å²) in [4.78, 5) is 4.34. The zero-order valence-corrected chi connectivity index (χ0v) is 8.45. The average molecular weight is 187 g/mol. The summed E-state index contributed by atoms with van der Waals surface area (Å²) in [6.07, 6.45) is 0.851. The van der Waals surface area contributed by atoms with E-state index in [1.807, 2.05) is 32.0 Å². The number of hydrogen-bond acceptors (Lipinski definition) is 2. The molecule has 0 spiro atoms. The van der Waals surface area contributed by atoms with E-state index in [4.69, 9.17) is 4.42 Å². The van der Waals surface area contributed by atoms with Gasteiger partial charge in [0.2, 0.25) is 0 Å². The van der Waals surface area contributed by atoms with Crippen molar-refractivity contribution in [1.29, 1.82) is 0 Å². The van der Waals surface area contributed by atoms with Crippen LogP contribution in [-0.2, 0) is 6.42 Å². The van der Waals surface area contributed by atoms with E-state index >= 15 is 0 Å². The number of nitrogens with zero attached hydrogens (tertiary/aromatic N) is 1. The Hall–Kier alpha value is -1.57. The van der Waals surface area contributed by atoms with Crippen molar-refractivity contribution in [2.24, 2.45) is 0 Å². The van der Waals surface area contributed by atoms with Crippen LogP contribution >= 0.6 is 0 Å². The lowest BCUT2D eigenvalue weighted by Crippen LogP contribution is -1.90.